The predicted molar refractivity (Wildman–Crippen MR) is 113 cm³/mol. The van der Waals surface area contributed by atoms with Crippen molar-refractivity contribution in [3.63, 3.8) is 0 Å². The lowest BCUT2D eigenvalue weighted by atomic mass is 9.98. The minimum atomic E-state index is -0.243. The van der Waals surface area contributed by atoms with Gasteiger partial charge in [-0.05, 0) is 49.6 Å². The van der Waals surface area contributed by atoms with E-state index in [-0.39, 0.29) is 17.7 Å². The highest BCUT2D eigenvalue weighted by atomic mass is 35.5. The molecule has 0 bridgehead atoms. The zero-order chi connectivity index (χ0) is 19.7. The van der Waals surface area contributed by atoms with Gasteiger partial charge in [0.1, 0.15) is 0 Å². The highest BCUT2D eigenvalue weighted by molar-refractivity contribution is 6.31. The lowest BCUT2D eigenvalue weighted by molar-refractivity contribution is -0.127. The Morgan fingerprint density at radius 1 is 1.21 bits per heavy atom. The van der Waals surface area contributed by atoms with Gasteiger partial charge in [0.15, 0.2) is 0 Å². The van der Waals surface area contributed by atoms with E-state index in [1.54, 1.807) is 0 Å². The molecule has 1 saturated heterocycles. The van der Waals surface area contributed by atoms with E-state index in [2.05, 4.69) is 10.3 Å². The molecule has 28 heavy (non-hydrogen) atoms. The second kappa shape index (κ2) is 7.84. The number of fused-ring (bicyclic) bond motifs is 3. The molecule has 0 radical (unpaired) electrons. The van der Waals surface area contributed by atoms with Gasteiger partial charge in [0.2, 0.25) is 11.8 Å². The van der Waals surface area contributed by atoms with Crippen LogP contribution in [0.15, 0.2) is 36.4 Å². The lowest BCUT2D eigenvalue weighted by Crippen LogP contribution is -2.32. The van der Waals surface area contributed by atoms with Crippen LogP contribution in [0.1, 0.15) is 37.7 Å². The van der Waals surface area contributed by atoms with E-state index in [0.717, 1.165) is 53.3 Å². The Hall–Kier alpha value is -2.53. The third-order valence-corrected chi connectivity index (χ3v) is 5.79. The number of hydrogen-bond acceptors (Lipinski definition) is 2. The summed E-state index contributed by atoms with van der Waals surface area (Å²) in [6.45, 7) is 4.07. The molecule has 1 aliphatic heterocycles. The summed E-state index contributed by atoms with van der Waals surface area (Å²) in [6.07, 6.45) is 2.39. The number of benzene rings is 2. The third kappa shape index (κ3) is 3.72. The van der Waals surface area contributed by atoms with Crippen LogP contribution >= 0.6 is 11.6 Å². The highest BCUT2D eigenvalue weighted by Crippen LogP contribution is 2.30. The van der Waals surface area contributed by atoms with Crippen molar-refractivity contribution < 1.29 is 9.59 Å². The standard InChI is InChI=1S/C22H24ClN3O2/c1-14(22(28)24-9-3-11-26-10-2-4-21(26)27)15-5-7-17-18-13-16(23)6-8-19(18)25-20(17)12-15/h5-8,12-14,25H,2-4,9-11H2,1H3,(H,24,28)/t14-/m0/s1. The Labute approximate surface area is 169 Å². The van der Waals surface area contributed by atoms with Gasteiger partial charge in [0.25, 0.3) is 0 Å². The number of rotatable bonds is 6. The second-order valence-corrected chi connectivity index (χ2v) is 7.91. The van der Waals surface area contributed by atoms with Gasteiger partial charge in [-0.3, -0.25) is 9.59 Å². The molecule has 4 rings (SSSR count). The van der Waals surface area contributed by atoms with Crippen molar-refractivity contribution in [2.24, 2.45) is 0 Å². The molecule has 3 aromatic rings. The number of likely N-dealkylation sites (tertiary alicyclic amines) is 1. The first-order chi connectivity index (χ1) is 13.5. The Morgan fingerprint density at radius 2 is 2.07 bits per heavy atom. The minimum Gasteiger partial charge on any atom is -0.356 e. The summed E-state index contributed by atoms with van der Waals surface area (Å²) in [5.74, 6) is -0.00769. The molecule has 1 aliphatic rings. The van der Waals surface area contributed by atoms with Crippen molar-refractivity contribution in [3.05, 3.63) is 47.0 Å². The SMILES string of the molecule is C[C@H](C(=O)NCCCN1CCCC1=O)c1ccc2c(c1)[nH]c1ccc(Cl)cc12. The van der Waals surface area contributed by atoms with Crippen LogP contribution in [-0.2, 0) is 9.59 Å². The van der Waals surface area contributed by atoms with Gasteiger partial charge in [-0.25, -0.2) is 0 Å². The summed E-state index contributed by atoms with van der Waals surface area (Å²) in [4.78, 5) is 29.4. The third-order valence-electron chi connectivity index (χ3n) is 5.55. The average molecular weight is 398 g/mol. The minimum absolute atomic E-state index is 0.00579. The van der Waals surface area contributed by atoms with Crippen LogP contribution in [0.4, 0.5) is 0 Å². The van der Waals surface area contributed by atoms with Gasteiger partial charge < -0.3 is 15.2 Å². The van der Waals surface area contributed by atoms with Crippen LogP contribution in [0.25, 0.3) is 21.8 Å². The predicted octanol–water partition coefficient (Wildman–Crippen LogP) is 4.21. The van der Waals surface area contributed by atoms with Gasteiger partial charge in [-0.1, -0.05) is 23.7 Å². The summed E-state index contributed by atoms with van der Waals surface area (Å²) >= 11 is 6.12. The Kier molecular flexibility index (Phi) is 5.27. The average Bonchev–Trinajstić information content (AvgIpc) is 3.26. The number of carbonyl (C=O) groups excluding carboxylic acids is 2. The van der Waals surface area contributed by atoms with E-state index >= 15 is 0 Å². The number of hydrogen-bond donors (Lipinski definition) is 2. The molecule has 0 unspecified atom stereocenters. The molecule has 0 aliphatic carbocycles. The Bertz CT molecular complexity index is 1040. The molecule has 0 saturated carbocycles. The van der Waals surface area contributed by atoms with Crippen LogP contribution < -0.4 is 5.32 Å². The maximum atomic E-state index is 12.5. The zero-order valence-electron chi connectivity index (χ0n) is 15.9. The van der Waals surface area contributed by atoms with E-state index in [1.807, 2.05) is 48.2 Å². The molecular formula is C22H24ClN3O2. The van der Waals surface area contributed by atoms with Crippen LogP contribution in [0, 0.1) is 0 Å². The molecule has 146 valence electrons. The Balaban J connectivity index is 1.40. The molecule has 1 aromatic heterocycles. The maximum Gasteiger partial charge on any atom is 0.227 e. The molecule has 2 heterocycles. The summed E-state index contributed by atoms with van der Waals surface area (Å²) in [7, 11) is 0. The fourth-order valence-corrected chi connectivity index (χ4v) is 4.06. The first kappa shape index (κ1) is 18.8. The molecule has 2 aromatic carbocycles. The normalized spacial score (nSPS) is 15.5. The molecule has 6 heteroatoms. The molecular weight excluding hydrogens is 374 g/mol. The summed E-state index contributed by atoms with van der Waals surface area (Å²) in [5, 5.41) is 5.89. The summed E-state index contributed by atoms with van der Waals surface area (Å²) in [5.41, 5.74) is 3.00. The number of amides is 2. The van der Waals surface area contributed by atoms with E-state index in [1.165, 1.54) is 0 Å². The first-order valence-electron chi connectivity index (χ1n) is 9.79. The maximum absolute atomic E-state index is 12.5. The molecule has 2 amide bonds. The van der Waals surface area contributed by atoms with Crippen molar-refractivity contribution >= 4 is 45.2 Å². The number of nitrogens with one attached hydrogen (secondary N) is 2. The van der Waals surface area contributed by atoms with E-state index in [0.29, 0.717) is 18.0 Å². The number of halogens is 1. The largest absolute Gasteiger partial charge is 0.356 e. The number of H-pyrrole nitrogens is 1. The monoisotopic (exact) mass is 397 g/mol. The zero-order valence-corrected chi connectivity index (χ0v) is 16.7. The van der Waals surface area contributed by atoms with Gasteiger partial charge in [0.05, 0.1) is 5.92 Å². The van der Waals surface area contributed by atoms with Crippen molar-refractivity contribution in [2.45, 2.75) is 32.1 Å². The first-order valence-corrected chi connectivity index (χ1v) is 10.2. The van der Waals surface area contributed by atoms with Gasteiger partial charge in [-0.2, -0.15) is 0 Å². The molecule has 2 N–H and O–H groups in total. The molecule has 1 atom stereocenters. The highest BCUT2D eigenvalue weighted by Gasteiger charge is 2.20. The molecule has 0 spiro atoms. The van der Waals surface area contributed by atoms with Crippen LogP contribution in [0.5, 0.6) is 0 Å². The lowest BCUT2D eigenvalue weighted by Gasteiger charge is -2.16. The van der Waals surface area contributed by atoms with Crippen LogP contribution in [0.2, 0.25) is 5.02 Å². The number of aromatic nitrogens is 1. The number of nitrogens with zero attached hydrogens (tertiary/aromatic N) is 1. The quantitative estimate of drug-likeness (QED) is 0.612. The molecule has 1 fully saturated rings. The summed E-state index contributed by atoms with van der Waals surface area (Å²) < 4.78 is 0. The molecule has 5 nitrogen and oxygen atoms in total. The van der Waals surface area contributed by atoms with Gasteiger partial charge in [-0.15, -0.1) is 0 Å². The van der Waals surface area contributed by atoms with Crippen LogP contribution in [0.3, 0.4) is 0 Å². The van der Waals surface area contributed by atoms with Crippen molar-refractivity contribution in [3.8, 4) is 0 Å². The van der Waals surface area contributed by atoms with E-state index in [4.69, 9.17) is 11.6 Å². The number of carbonyl (C=O) groups is 2. The van der Waals surface area contributed by atoms with Crippen molar-refractivity contribution in [1.82, 2.24) is 15.2 Å². The van der Waals surface area contributed by atoms with Gasteiger partial charge in [0, 0.05) is 52.9 Å². The van der Waals surface area contributed by atoms with Crippen LogP contribution in [-0.4, -0.2) is 41.3 Å². The number of aromatic amines is 1. The Morgan fingerprint density at radius 3 is 2.86 bits per heavy atom. The van der Waals surface area contributed by atoms with Crippen molar-refractivity contribution in [2.75, 3.05) is 19.6 Å². The fraction of sp³-hybridized carbons (Fsp3) is 0.364. The van der Waals surface area contributed by atoms with E-state index < -0.39 is 0 Å². The summed E-state index contributed by atoms with van der Waals surface area (Å²) in [6, 6.07) is 11.9. The van der Waals surface area contributed by atoms with Crippen molar-refractivity contribution in [1.29, 1.82) is 0 Å². The topological polar surface area (TPSA) is 65.2 Å². The van der Waals surface area contributed by atoms with Gasteiger partial charge >= 0.3 is 0 Å². The fourth-order valence-electron chi connectivity index (χ4n) is 3.89. The second-order valence-electron chi connectivity index (χ2n) is 7.47. The van der Waals surface area contributed by atoms with E-state index in [9.17, 15) is 9.59 Å². The smallest absolute Gasteiger partial charge is 0.227 e.